The number of nitrogens with one attached hydrogen (secondary N) is 2. The molecular formula is C31H43N5O3. The highest BCUT2D eigenvalue weighted by Crippen LogP contribution is 2.65. The fourth-order valence-electron chi connectivity index (χ4n) is 9.60. The number of nitrogens with zero attached hydrogens (tertiary/aromatic N) is 3. The highest BCUT2D eigenvalue weighted by Gasteiger charge is 2.61. The Morgan fingerprint density at radius 1 is 1.13 bits per heavy atom. The molecule has 39 heavy (non-hydrogen) atoms. The van der Waals surface area contributed by atoms with E-state index < -0.39 is 0 Å². The summed E-state index contributed by atoms with van der Waals surface area (Å²) in [4.78, 5) is 40.0. The van der Waals surface area contributed by atoms with Crippen LogP contribution in [0, 0.1) is 34.5 Å². The lowest BCUT2D eigenvalue weighted by atomic mass is 9.46. The molecule has 3 amide bonds. The Labute approximate surface area is 232 Å². The lowest BCUT2D eigenvalue weighted by molar-refractivity contribution is -0.146. The maximum Gasteiger partial charge on any atom is 0.257 e. The van der Waals surface area contributed by atoms with E-state index in [1.165, 1.54) is 51.1 Å². The van der Waals surface area contributed by atoms with Crippen LogP contribution in [0.15, 0.2) is 36.4 Å². The second kappa shape index (κ2) is 9.27. The zero-order valence-corrected chi connectivity index (χ0v) is 23.9. The number of amides is 3. The molecule has 3 aliphatic carbocycles. The molecule has 2 N–H and O–H groups in total. The van der Waals surface area contributed by atoms with Gasteiger partial charge in [0.2, 0.25) is 11.8 Å². The number of hydrogen-bond acceptors (Lipinski definition) is 5. The number of anilines is 2. The van der Waals surface area contributed by atoms with Crippen LogP contribution in [0.2, 0.25) is 0 Å². The van der Waals surface area contributed by atoms with Gasteiger partial charge in [-0.1, -0.05) is 38.5 Å². The summed E-state index contributed by atoms with van der Waals surface area (Å²) < 4.78 is 0. The molecule has 0 radical (unpaired) electrons. The first-order valence-electron chi connectivity index (χ1n) is 14.7. The number of carbonyl (C=O) groups is 3. The van der Waals surface area contributed by atoms with Gasteiger partial charge in [-0.2, -0.15) is 5.12 Å². The van der Waals surface area contributed by atoms with E-state index in [4.69, 9.17) is 0 Å². The molecule has 8 atom stereocenters. The van der Waals surface area contributed by atoms with Crippen LogP contribution < -0.4 is 15.8 Å². The van der Waals surface area contributed by atoms with Crippen LogP contribution >= 0.6 is 0 Å². The third-order valence-corrected chi connectivity index (χ3v) is 11.1. The Hall–Kier alpha value is -3.03. The number of hydrazine groups is 2. The molecule has 3 saturated carbocycles. The summed E-state index contributed by atoms with van der Waals surface area (Å²) in [6, 6.07) is 8.00. The molecule has 3 fully saturated rings. The van der Waals surface area contributed by atoms with Crippen molar-refractivity contribution in [1.82, 2.24) is 15.4 Å². The van der Waals surface area contributed by atoms with Gasteiger partial charge in [0, 0.05) is 32.4 Å². The van der Waals surface area contributed by atoms with Crippen molar-refractivity contribution in [3.8, 4) is 0 Å². The molecule has 8 heteroatoms. The van der Waals surface area contributed by atoms with Gasteiger partial charge in [0.05, 0.1) is 11.4 Å². The van der Waals surface area contributed by atoms with Crippen molar-refractivity contribution in [2.75, 3.05) is 17.4 Å². The fourth-order valence-corrected chi connectivity index (χ4v) is 9.60. The van der Waals surface area contributed by atoms with E-state index in [0.29, 0.717) is 17.3 Å². The summed E-state index contributed by atoms with van der Waals surface area (Å²) in [5.74, 6) is 1.67. The van der Waals surface area contributed by atoms with E-state index in [2.05, 4.69) is 30.7 Å². The number of likely N-dealkylation sites (N-methyl/N-ethyl adjacent to an activating group) is 1. The van der Waals surface area contributed by atoms with Gasteiger partial charge in [-0.05, 0) is 85.8 Å². The number of carbonyl (C=O) groups excluding carboxylic acids is 3. The quantitative estimate of drug-likeness (QED) is 0.550. The Bertz CT molecular complexity index is 1220. The predicted molar refractivity (Wildman–Crippen MR) is 151 cm³/mol. The zero-order valence-electron chi connectivity index (χ0n) is 23.9. The SMILES string of the molecule is CC(=O)NN(C(C)=O)N1c2ccccc2NC1CC1C[C@H]2[C@@H]3CCC[C@@]3(C)CC[C@@H]2[C@@]2(C)C=CC(=O)N(C)[C@H]12. The topological polar surface area (TPSA) is 85.0 Å². The number of hydrogen-bond donors (Lipinski definition) is 2. The summed E-state index contributed by atoms with van der Waals surface area (Å²) >= 11 is 0. The zero-order chi connectivity index (χ0) is 27.7. The molecule has 0 bridgehead atoms. The summed E-state index contributed by atoms with van der Waals surface area (Å²) in [6.45, 7) is 7.80. The first kappa shape index (κ1) is 26.2. The van der Waals surface area contributed by atoms with Gasteiger partial charge >= 0.3 is 0 Å². The Kier molecular flexibility index (Phi) is 6.23. The first-order chi connectivity index (χ1) is 18.5. The van der Waals surface area contributed by atoms with Gasteiger partial charge in [0.25, 0.3) is 5.91 Å². The largest absolute Gasteiger partial charge is 0.362 e. The molecule has 0 aromatic heterocycles. The van der Waals surface area contributed by atoms with E-state index in [1.807, 2.05) is 47.3 Å². The number of benzene rings is 1. The highest BCUT2D eigenvalue weighted by atomic mass is 16.2. The smallest absolute Gasteiger partial charge is 0.257 e. The van der Waals surface area contributed by atoms with Gasteiger partial charge in [0.15, 0.2) is 0 Å². The maximum absolute atomic E-state index is 13.0. The minimum absolute atomic E-state index is 0.0746. The molecule has 2 aliphatic heterocycles. The van der Waals surface area contributed by atoms with Crippen molar-refractivity contribution in [1.29, 1.82) is 0 Å². The minimum Gasteiger partial charge on any atom is -0.362 e. The lowest BCUT2D eigenvalue weighted by Crippen LogP contribution is -2.64. The molecule has 0 spiro atoms. The van der Waals surface area contributed by atoms with E-state index in [-0.39, 0.29) is 41.3 Å². The standard InChI is InChI=1S/C31H43N5O3/c1-19(37)33-36(20(2)38)35-26-11-7-6-10-25(26)32-27(35)18-21-17-22-23-9-8-14-30(23,3)15-12-24(22)31(4)16-13-28(39)34(5)29(21)31/h6-7,10-11,13,16,21-24,27,29,32H,8-9,12,14-15,17-18H2,1-5H3,(H,33,37)/t21?,22-,23-,24-,27?,29+,30-,31+/m0/s1. The van der Waals surface area contributed by atoms with Crippen LogP contribution in [0.1, 0.15) is 72.6 Å². The van der Waals surface area contributed by atoms with Gasteiger partial charge in [0.1, 0.15) is 6.17 Å². The second-order valence-corrected chi connectivity index (χ2v) is 13.3. The van der Waals surface area contributed by atoms with Crippen molar-refractivity contribution in [3.63, 3.8) is 0 Å². The van der Waals surface area contributed by atoms with Crippen LogP contribution in [0.5, 0.6) is 0 Å². The van der Waals surface area contributed by atoms with Crippen LogP contribution in [-0.2, 0) is 14.4 Å². The molecule has 2 heterocycles. The minimum atomic E-state index is -0.299. The normalized spacial score (nSPS) is 38.3. The predicted octanol–water partition coefficient (Wildman–Crippen LogP) is 4.70. The van der Waals surface area contributed by atoms with E-state index in [1.54, 1.807) is 0 Å². The average molecular weight is 534 g/mol. The maximum atomic E-state index is 13.0. The highest BCUT2D eigenvalue weighted by molar-refractivity contribution is 5.89. The first-order valence-corrected chi connectivity index (χ1v) is 14.7. The van der Waals surface area contributed by atoms with Crippen molar-refractivity contribution in [2.24, 2.45) is 34.5 Å². The molecule has 5 aliphatic rings. The molecule has 6 rings (SSSR count). The molecule has 2 unspecified atom stereocenters. The van der Waals surface area contributed by atoms with E-state index in [0.717, 1.165) is 30.1 Å². The lowest BCUT2D eigenvalue weighted by Gasteiger charge is -2.62. The summed E-state index contributed by atoms with van der Waals surface area (Å²) in [5.41, 5.74) is 4.88. The molecule has 8 nitrogen and oxygen atoms in total. The van der Waals surface area contributed by atoms with Crippen molar-refractivity contribution in [3.05, 3.63) is 36.4 Å². The van der Waals surface area contributed by atoms with E-state index >= 15 is 0 Å². The van der Waals surface area contributed by atoms with Gasteiger partial charge < -0.3 is 10.2 Å². The van der Waals surface area contributed by atoms with Gasteiger partial charge in [-0.15, -0.1) is 0 Å². The monoisotopic (exact) mass is 533 g/mol. The number of fused-ring (bicyclic) bond motifs is 6. The Morgan fingerprint density at radius 3 is 2.64 bits per heavy atom. The molecule has 210 valence electrons. The van der Waals surface area contributed by atoms with Crippen LogP contribution in [0.25, 0.3) is 0 Å². The third kappa shape index (κ3) is 4.04. The Balaban J connectivity index is 1.38. The molecule has 1 aromatic carbocycles. The number of rotatable bonds is 3. The average Bonchev–Trinajstić information content (AvgIpc) is 3.45. The van der Waals surface area contributed by atoms with Gasteiger partial charge in [-0.25, -0.2) is 10.4 Å². The molecular weight excluding hydrogens is 490 g/mol. The van der Waals surface area contributed by atoms with Crippen molar-refractivity contribution in [2.45, 2.75) is 84.8 Å². The third-order valence-electron chi connectivity index (χ3n) is 11.1. The number of para-hydroxylation sites is 2. The molecule has 1 aromatic rings. The van der Waals surface area contributed by atoms with Crippen molar-refractivity contribution >= 4 is 29.1 Å². The summed E-state index contributed by atoms with van der Waals surface area (Å²) in [6.07, 6.45) is 12.1. The van der Waals surface area contributed by atoms with E-state index in [9.17, 15) is 14.4 Å². The second-order valence-electron chi connectivity index (χ2n) is 13.3. The summed E-state index contributed by atoms with van der Waals surface area (Å²) in [5, 5.41) is 6.91. The van der Waals surface area contributed by atoms with Crippen molar-refractivity contribution < 1.29 is 14.4 Å². The molecule has 0 saturated heterocycles. The van der Waals surface area contributed by atoms with Crippen LogP contribution in [0.3, 0.4) is 0 Å². The van der Waals surface area contributed by atoms with Crippen LogP contribution in [0.4, 0.5) is 11.4 Å². The fraction of sp³-hybridized carbons (Fsp3) is 0.645. The Morgan fingerprint density at radius 2 is 1.90 bits per heavy atom. The van der Waals surface area contributed by atoms with Gasteiger partial charge in [-0.3, -0.25) is 14.4 Å². The summed E-state index contributed by atoms with van der Waals surface area (Å²) in [7, 11) is 1.97. The van der Waals surface area contributed by atoms with Crippen LogP contribution in [-0.4, -0.2) is 47.0 Å².